The summed E-state index contributed by atoms with van der Waals surface area (Å²) in [5.41, 5.74) is -2.18. The van der Waals surface area contributed by atoms with Gasteiger partial charge >= 0.3 is 5.92 Å². The molecule has 2 N–H and O–H groups in total. The molecule has 0 fully saturated rings. The summed E-state index contributed by atoms with van der Waals surface area (Å²) >= 11 is 0. The molecule has 7 nitrogen and oxygen atoms in total. The van der Waals surface area contributed by atoms with E-state index in [0.29, 0.717) is 28.2 Å². The van der Waals surface area contributed by atoms with Gasteiger partial charge in [0.2, 0.25) is 5.91 Å². The number of carbonyl (C=O) groups is 1. The third-order valence-electron chi connectivity index (χ3n) is 7.05. The van der Waals surface area contributed by atoms with E-state index in [0.717, 1.165) is 25.5 Å². The van der Waals surface area contributed by atoms with Gasteiger partial charge in [-0.1, -0.05) is 12.1 Å². The number of likely N-dealkylation sites (N-methyl/N-ethyl adjacent to an activating group) is 1. The summed E-state index contributed by atoms with van der Waals surface area (Å²) in [4.78, 5) is 23.6. The van der Waals surface area contributed by atoms with Crippen LogP contribution in [0.15, 0.2) is 30.3 Å². The second-order valence-electron chi connectivity index (χ2n) is 10.3. The first-order valence-electron chi connectivity index (χ1n) is 11.9. The van der Waals surface area contributed by atoms with Gasteiger partial charge in [0, 0.05) is 30.8 Å². The van der Waals surface area contributed by atoms with Crippen molar-refractivity contribution in [2.45, 2.75) is 57.6 Å². The van der Waals surface area contributed by atoms with Crippen molar-refractivity contribution in [3.05, 3.63) is 58.7 Å². The molecule has 0 bridgehead atoms. The van der Waals surface area contributed by atoms with Crippen LogP contribution in [0.2, 0.25) is 0 Å². The van der Waals surface area contributed by atoms with E-state index in [4.69, 9.17) is 4.74 Å². The Hall–Kier alpha value is -3.24. The summed E-state index contributed by atoms with van der Waals surface area (Å²) in [7, 11) is 3.22. The van der Waals surface area contributed by atoms with Crippen LogP contribution in [-0.2, 0) is 20.9 Å². The van der Waals surface area contributed by atoms with Crippen molar-refractivity contribution in [2.75, 3.05) is 31.0 Å². The lowest BCUT2D eigenvalue weighted by molar-refractivity contribution is -0.170. The zero-order valence-electron chi connectivity index (χ0n) is 21.9. The standard InChI is InChI=1S/C27H31F3N4O3/c1-14(16-9-8-10-18(22(16)28)27(29,30)25(3,4)36)31-23-17-11-21-19(12-20(17)32-15(2)33-23)26(5,13-37-7)24(35)34(21)6/h8-12,14,36H,13H2,1-7H3,(H,31,32,33). The van der Waals surface area contributed by atoms with E-state index in [1.54, 1.807) is 39.0 Å². The molecule has 4 rings (SSSR count). The van der Waals surface area contributed by atoms with Crippen molar-refractivity contribution in [3.8, 4) is 0 Å². The third kappa shape index (κ3) is 4.21. The Morgan fingerprint density at radius 1 is 1.24 bits per heavy atom. The molecule has 0 saturated heterocycles. The summed E-state index contributed by atoms with van der Waals surface area (Å²) in [6, 6.07) is 6.59. The van der Waals surface area contributed by atoms with Gasteiger partial charge in [-0.2, -0.15) is 8.78 Å². The lowest BCUT2D eigenvalue weighted by Gasteiger charge is -2.30. The zero-order chi connectivity index (χ0) is 27.5. The number of anilines is 2. The fraction of sp³-hybridized carbons (Fsp3) is 0.444. The quantitative estimate of drug-likeness (QED) is 0.460. The first kappa shape index (κ1) is 26.8. The molecule has 198 valence electrons. The van der Waals surface area contributed by atoms with Gasteiger partial charge in [-0.3, -0.25) is 4.79 Å². The lowest BCUT2D eigenvalue weighted by atomic mass is 9.84. The van der Waals surface area contributed by atoms with E-state index in [1.807, 2.05) is 13.0 Å². The predicted octanol–water partition coefficient (Wildman–Crippen LogP) is 4.99. The molecule has 0 spiro atoms. The highest BCUT2D eigenvalue weighted by Gasteiger charge is 2.49. The number of ether oxygens (including phenoxy) is 1. The van der Waals surface area contributed by atoms with Crippen LogP contribution in [0.5, 0.6) is 0 Å². The number of rotatable bonds is 7. The van der Waals surface area contributed by atoms with Gasteiger partial charge in [0.25, 0.3) is 0 Å². The Balaban J connectivity index is 1.79. The van der Waals surface area contributed by atoms with Crippen molar-refractivity contribution in [2.24, 2.45) is 0 Å². The fourth-order valence-electron chi connectivity index (χ4n) is 4.87. The number of benzene rings is 2. The monoisotopic (exact) mass is 516 g/mol. The van der Waals surface area contributed by atoms with E-state index in [-0.39, 0.29) is 18.1 Å². The Labute approximate surface area is 213 Å². The number of halogens is 3. The molecule has 3 aromatic rings. The number of aryl methyl sites for hydroxylation is 1. The summed E-state index contributed by atoms with van der Waals surface area (Å²) in [6.45, 7) is 7.24. The molecule has 10 heteroatoms. The van der Waals surface area contributed by atoms with Crippen LogP contribution in [0.4, 0.5) is 24.7 Å². The fourth-order valence-corrected chi connectivity index (χ4v) is 4.87. The van der Waals surface area contributed by atoms with Crippen LogP contribution in [0, 0.1) is 12.7 Å². The minimum atomic E-state index is -3.81. The maximum absolute atomic E-state index is 15.4. The van der Waals surface area contributed by atoms with Crippen molar-refractivity contribution >= 4 is 28.3 Å². The van der Waals surface area contributed by atoms with E-state index in [2.05, 4.69) is 15.3 Å². The van der Waals surface area contributed by atoms with Gasteiger partial charge in [-0.05, 0) is 58.4 Å². The Bertz CT molecular complexity index is 1390. The van der Waals surface area contributed by atoms with Gasteiger partial charge in [-0.25, -0.2) is 14.4 Å². The van der Waals surface area contributed by atoms with Crippen molar-refractivity contribution < 1.29 is 27.8 Å². The molecule has 2 unspecified atom stereocenters. The van der Waals surface area contributed by atoms with Crippen molar-refractivity contribution in [3.63, 3.8) is 0 Å². The number of hydrogen-bond acceptors (Lipinski definition) is 6. The van der Waals surface area contributed by atoms with Crippen molar-refractivity contribution in [1.29, 1.82) is 0 Å². The number of aliphatic hydroxyl groups is 1. The van der Waals surface area contributed by atoms with Crippen LogP contribution >= 0.6 is 0 Å². The number of amides is 1. The molecule has 37 heavy (non-hydrogen) atoms. The number of aromatic nitrogens is 2. The number of carbonyl (C=O) groups excluding carboxylic acids is 1. The topological polar surface area (TPSA) is 87.6 Å². The maximum atomic E-state index is 15.4. The molecule has 2 atom stereocenters. The van der Waals surface area contributed by atoms with Gasteiger partial charge < -0.3 is 20.1 Å². The number of nitrogens with one attached hydrogen (secondary N) is 1. The molecule has 1 aliphatic rings. The highest BCUT2D eigenvalue weighted by molar-refractivity contribution is 6.10. The number of alkyl halides is 2. The van der Waals surface area contributed by atoms with Gasteiger partial charge in [0.1, 0.15) is 23.1 Å². The molecule has 2 heterocycles. The second-order valence-corrected chi connectivity index (χ2v) is 10.3. The average molecular weight is 517 g/mol. The van der Waals surface area contributed by atoms with Gasteiger partial charge in [0.05, 0.1) is 29.1 Å². The number of fused-ring (bicyclic) bond motifs is 2. The molecule has 2 aromatic carbocycles. The summed E-state index contributed by atoms with van der Waals surface area (Å²) in [5.74, 6) is -4.21. The summed E-state index contributed by atoms with van der Waals surface area (Å²) < 4.78 is 50.3. The Kier molecular flexibility index (Phi) is 6.49. The minimum absolute atomic E-state index is 0.00744. The van der Waals surface area contributed by atoms with E-state index in [1.165, 1.54) is 12.1 Å². The molecule has 1 amide bonds. The van der Waals surface area contributed by atoms with Crippen LogP contribution in [0.25, 0.3) is 10.9 Å². The normalized spacial score (nSPS) is 18.9. The molecule has 0 aliphatic carbocycles. The second kappa shape index (κ2) is 8.95. The van der Waals surface area contributed by atoms with E-state index < -0.39 is 34.4 Å². The van der Waals surface area contributed by atoms with Crippen LogP contribution in [0.1, 0.15) is 56.3 Å². The first-order chi connectivity index (χ1) is 17.1. The van der Waals surface area contributed by atoms with Crippen LogP contribution < -0.4 is 10.2 Å². The predicted molar refractivity (Wildman–Crippen MR) is 136 cm³/mol. The number of nitrogens with zero attached hydrogens (tertiary/aromatic N) is 3. The Morgan fingerprint density at radius 3 is 2.54 bits per heavy atom. The van der Waals surface area contributed by atoms with Crippen LogP contribution in [0.3, 0.4) is 0 Å². The molecule has 0 saturated carbocycles. The SMILES string of the molecule is COCC1(C)C(=O)N(C)c2cc3c(NC(C)c4cccc(C(F)(F)C(C)(C)O)c4F)nc(C)nc3cc21. The first-order valence-corrected chi connectivity index (χ1v) is 11.9. The summed E-state index contributed by atoms with van der Waals surface area (Å²) in [6.07, 6.45) is 0. The van der Waals surface area contributed by atoms with E-state index >= 15 is 4.39 Å². The van der Waals surface area contributed by atoms with Gasteiger partial charge in [-0.15, -0.1) is 0 Å². The highest BCUT2D eigenvalue weighted by atomic mass is 19.3. The van der Waals surface area contributed by atoms with E-state index in [9.17, 15) is 18.7 Å². The molecule has 1 aromatic heterocycles. The molecular weight excluding hydrogens is 485 g/mol. The Morgan fingerprint density at radius 2 is 1.92 bits per heavy atom. The largest absolute Gasteiger partial charge is 0.384 e. The van der Waals surface area contributed by atoms with Gasteiger partial charge in [0.15, 0.2) is 0 Å². The zero-order valence-corrected chi connectivity index (χ0v) is 21.9. The highest BCUT2D eigenvalue weighted by Crippen LogP contribution is 2.45. The lowest BCUT2D eigenvalue weighted by Crippen LogP contribution is -2.41. The number of hydrogen-bond donors (Lipinski definition) is 2. The average Bonchev–Trinajstić information content (AvgIpc) is 2.98. The maximum Gasteiger partial charge on any atom is 0.303 e. The molecule has 1 aliphatic heterocycles. The molecule has 0 radical (unpaired) electrons. The third-order valence-corrected chi connectivity index (χ3v) is 7.05. The van der Waals surface area contributed by atoms with Crippen LogP contribution in [-0.4, -0.2) is 47.3 Å². The minimum Gasteiger partial charge on any atom is -0.384 e. The number of methoxy groups -OCH3 is 1. The smallest absolute Gasteiger partial charge is 0.303 e. The van der Waals surface area contributed by atoms with Crippen molar-refractivity contribution in [1.82, 2.24) is 9.97 Å². The summed E-state index contributed by atoms with van der Waals surface area (Å²) in [5, 5.41) is 13.7. The molecular formula is C27H31F3N4O3.